The predicted molar refractivity (Wildman–Crippen MR) is 104 cm³/mol. The monoisotopic (exact) mass is 433 g/mol. The zero-order valence-electron chi connectivity index (χ0n) is 15.3. The minimum absolute atomic E-state index is 0.0464. The van der Waals surface area contributed by atoms with Crippen LogP contribution in [0.1, 0.15) is 36.1 Å². The molecule has 0 unspecified atom stereocenters. The lowest BCUT2D eigenvalue weighted by Crippen LogP contribution is -2.38. The van der Waals surface area contributed by atoms with Gasteiger partial charge in [-0.3, -0.25) is 4.79 Å². The molecule has 0 fully saturated rings. The molecular weight excluding hydrogens is 414 g/mol. The molecule has 0 saturated carbocycles. The van der Waals surface area contributed by atoms with Crippen LogP contribution in [0, 0.1) is 0 Å². The summed E-state index contributed by atoms with van der Waals surface area (Å²) < 4.78 is 38.4. The van der Waals surface area contributed by atoms with Crippen molar-refractivity contribution in [3.63, 3.8) is 0 Å². The van der Waals surface area contributed by atoms with Crippen LogP contribution < -0.4 is 5.32 Å². The first-order valence-corrected chi connectivity index (χ1v) is 9.23. The second-order valence-corrected chi connectivity index (χ2v) is 7.99. The van der Waals surface area contributed by atoms with Crippen molar-refractivity contribution in [1.82, 2.24) is 5.32 Å². The summed E-state index contributed by atoms with van der Waals surface area (Å²) in [6.07, 6.45) is -4.10. The number of aliphatic hydroxyl groups is 1. The Morgan fingerprint density at radius 2 is 1.54 bits per heavy atom. The Balaban J connectivity index is 2.06. The lowest BCUT2D eigenvalue weighted by molar-refractivity contribution is -0.137. The van der Waals surface area contributed by atoms with E-state index in [9.17, 15) is 23.1 Å². The maximum Gasteiger partial charge on any atom is 0.416 e. The highest BCUT2D eigenvalue weighted by atomic mass is 35.5. The summed E-state index contributed by atoms with van der Waals surface area (Å²) >= 11 is 12.0. The van der Waals surface area contributed by atoms with Crippen LogP contribution in [-0.2, 0) is 23.8 Å². The van der Waals surface area contributed by atoms with E-state index in [-0.39, 0.29) is 35.3 Å². The van der Waals surface area contributed by atoms with Gasteiger partial charge >= 0.3 is 6.18 Å². The second-order valence-electron chi connectivity index (χ2n) is 7.18. The molecule has 0 aromatic heterocycles. The fourth-order valence-electron chi connectivity index (χ4n) is 2.48. The van der Waals surface area contributed by atoms with Crippen LogP contribution in [0.25, 0.3) is 0 Å². The van der Waals surface area contributed by atoms with Gasteiger partial charge in [-0.15, -0.1) is 0 Å². The molecule has 152 valence electrons. The average molecular weight is 434 g/mol. The Bertz CT molecular complexity index is 821. The molecule has 0 spiro atoms. The Morgan fingerprint density at radius 1 is 1.04 bits per heavy atom. The van der Waals surface area contributed by atoms with Crippen molar-refractivity contribution in [3.05, 3.63) is 68.7 Å². The molecule has 2 rings (SSSR count). The molecule has 28 heavy (non-hydrogen) atoms. The summed E-state index contributed by atoms with van der Waals surface area (Å²) in [6, 6.07) is 8.77. The van der Waals surface area contributed by atoms with E-state index in [4.69, 9.17) is 23.2 Å². The van der Waals surface area contributed by atoms with Crippen LogP contribution in [0.3, 0.4) is 0 Å². The molecular formula is C20H20Cl2F3NO2. The smallest absolute Gasteiger partial charge is 0.389 e. The van der Waals surface area contributed by atoms with E-state index in [0.29, 0.717) is 5.56 Å². The van der Waals surface area contributed by atoms with E-state index < -0.39 is 17.3 Å². The average Bonchev–Trinajstić information content (AvgIpc) is 2.56. The molecule has 0 heterocycles. The normalized spacial score (nSPS) is 12.1. The Kier molecular flexibility index (Phi) is 7.02. The van der Waals surface area contributed by atoms with Gasteiger partial charge in [-0.1, -0.05) is 47.5 Å². The molecule has 0 aliphatic rings. The van der Waals surface area contributed by atoms with Crippen LogP contribution in [0.15, 0.2) is 36.4 Å². The zero-order valence-corrected chi connectivity index (χ0v) is 16.8. The van der Waals surface area contributed by atoms with E-state index in [1.807, 2.05) is 0 Å². The van der Waals surface area contributed by atoms with Gasteiger partial charge in [0.2, 0.25) is 5.91 Å². The molecule has 3 nitrogen and oxygen atoms in total. The molecule has 0 saturated heterocycles. The first kappa shape index (κ1) is 22.5. The van der Waals surface area contributed by atoms with Crippen LogP contribution in [0.4, 0.5) is 13.2 Å². The Hall–Kier alpha value is -1.76. The van der Waals surface area contributed by atoms with Gasteiger partial charge in [0.05, 0.1) is 17.6 Å². The van der Waals surface area contributed by atoms with Crippen molar-refractivity contribution in [2.45, 2.75) is 38.5 Å². The number of alkyl halides is 3. The molecule has 1 amide bonds. The summed E-state index contributed by atoms with van der Waals surface area (Å²) in [5.74, 6) is -0.219. The van der Waals surface area contributed by atoms with Crippen molar-refractivity contribution < 1.29 is 23.1 Å². The van der Waals surface area contributed by atoms with Gasteiger partial charge < -0.3 is 10.4 Å². The van der Waals surface area contributed by atoms with Gasteiger partial charge in [0.1, 0.15) is 0 Å². The standard InChI is InChI=1S/C20H20Cl2F3NO2/c1-19(2,28)11-26-18(27)8-13-5-3-12(4-6-13)7-15-16(21)9-14(10-17(15)22)20(23,24)25/h3-6,9-10,28H,7-8,11H2,1-2H3,(H,26,27). The van der Waals surface area contributed by atoms with E-state index in [2.05, 4.69) is 5.32 Å². The summed E-state index contributed by atoms with van der Waals surface area (Å²) in [6.45, 7) is 3.34. The number of benzene rings is 2. The number of halogens is 5. The summed E-state index contributed by atoms with van der Waals surface area (Å²) in [7, 11) is 0. The van der Waals surface area contributed by atoms with Crippen LogP contribution >= 0.6 is 23.2 Å². The summed E-state index contributed by atoms with van der Waals surface area (Å²) in [4.78, 5) is 11.9. The van der Waals surface area contributed by atoms with E-state index in [1.165, 1.54) is 0 Å². The summed E-state index contributed by atoms with van der Waals surface area (Å²) in [5, 5.41) is 12.2. The SMILES string of the molecule is CC(C)(O)CNC(=O)Cc1ccc(Cc2c(Cl)cc(C(F)(F)F)cc2Cl)cc1. The number of hydrogen-bond donors (Lipinski definition) is 2. The number of hydrogen-bond acceptors (Lipinski definition) is 2. The van der Waals surface area contributed by atoms with Gasteiger partial charge in [-0.05, 0) is 42.7 Å². The Morgan fingerprint density at radius 3 is 2.00 bits per heavy atom. The third kappa shape index (κ3) is 6.69. The molecule has 2 aromatic carbocycles. The van der Waals surface area contributed by atoms with Gasteiger partial charge in [0.25, 0.3) is 0 Å². The number of nitrogens with one attached hydrogen (secondary N) is 1. The van der Waals surface area contributed by atoms with Gasteiger partial charge in [-0.25, -0.2) is 0 Å². The largest absolute Gasteiger partial charge is 0.416 e. The fraction of sp³-hybridized carbons (Fsp3) is 0.350. The lowest BCUT2D eigenvalue weighted by atomic mass is 10.0. The minimum Gasteiger partial charge on any atom is -0.389 e. The molecule has 2 aromatic rings. The first-order valence-electron chi connectivity index (χ1n) is 8.47. The highest BCUT2D eigenvalue weighted by Gasteiger charge is 2.32. The Labute approximate surface area is 171 Å². The molecule has 0 aliphatic carbocycles. The highest BCUT2D eigenvalue weighted by molar-refractivity contribution is 6.36. The first-order chi connectivity index (χ1) is 12.8. The second kappa shape index (κ2) is 8.72. The quantitative estimate of drug-likeness (QED) is 0.670. The van der Waals surface area contributed by atoms with Crippen molar-refractivity contribution in [2.24, 2.45) is 0 Å². The van der Waals surface area contributed by atoms with Crippen molar-refractivity contribution in [1.29, 1.82) is 0 Å². The molecule has 0 bridgehead atoms. The number of carbonyl (C=O) groups is 1. The van der Waals surface area contributed by atoms with Crippen molar-refractivity contribution in [2.75, 3.05) is 6.54 Å². The van der Waals surface area contributed by atoms with E-state index in [0.717, 1.165) is 23.3 Å². The van der Waals surface area contributed by atoms with Gasteiger partial charge in [-0.2, -0.15) is 13.2 Å². The maximum absolute atomic E-state index is 12.8. The third-order valence-corrected chi connectivity index (χ3v) is 4.63. The van der Waals surface area contributed by atoms with Crippen LogP contribution in [0.5, 0.6) is 0 Å². The zero-order chi connectivity index (χ0) is 21.1. The van der Waals surface area contributed by atoms with Crippen LogP contribution in [-0.4, -0.2) is 23.2 Å². The molecule has 0 radical (unpaired) electrons. The highest BCUT2D eigenvalue weighted by Crippen LogP contribution is 2.36. The molecule has 0 aliphatic heterocycles. The lowest BCUT2D eigenvalue weighted by Gasteiger charge is -2.17. The number of amides is 1. The molecule has 2 N–H and O–H groups in total. The number of rotatable bonds is 6. The van der Waals surface area contributed by atoms with Crippen molar-refractivity contribution in [3.8, 4) is 0 Å². The molecule has 8 heteroatoms. The van der Waals surface area contributed by atoms with Crippen molar-refractivity contribution >= 4 is 29.1 Å². The fourth-order valence-corrected chi connectivity index (χ4v) is 3.10. The minimum atomic E-state index is -4.51. The van der Waals surface area contributed by atoms with E-state index in [1.54, 1.807) is 38.1 Å². The van der Waals surface area contributed by atoms with Crippen LogP contribution in [0.2, 0.25) is 10.0 Å². The van der Waals surface area contributed by atoms with Gasteiger partial charge in [0.15, 0.2) is 0 Å². The topological polar surface area (TPSA) is 49.3 Å². The number of carbonyl (C=O) groups excluding carboxylic acids is 1. The molecule has 0 atom stereocenters. The summed E-state index contributed by atoms with van der Waals surface area (Å²) in [5.41, 5.74) is 0.0937. The third-order valence-electron chi connectivity index (χ3n) is 3.96. The van der Waals surface area contributed by atoms with Gasteiger partial charge in [0, 0.05) is 23.0 Å². The maximum atomic E-state index is 12.8. The van der Waals surface area contributed by atoms with E-state index >= 15 is 0 Å². The predicted octanol–water partition coefficient (Wildman–Crippen LogP) is 5.03.